The van der Waals surface area contributed by atoms with E-state index >= 15 is 0 Å². The molecule has 4 aliphatic rings. The van der Waals surface area contributed by atoms with E-state index in [9.17, 15) is 10.2 Å². The smallest absolute Gasteiger partial charge is 0.131 e. The van der Waals surface area contributed by atoms with Crippen LogP contribution in [0.5, 0.6) is 23.0 Å². The summed E-state index contributed by atoms with van der Waals surface area (Å²) in [6, 6.07) is 27.3. The van der Waals surface area contributed by atoms with Crippen molar-refractivity contribution >= 4 is 5.57 Å². The molecule has 0 saturated heterocycles. The van der Waals surface area contributed by atoms with E-state index in [1.54, 1.807) is 0 Å². The van der Waals surface area contributed by atoms with Crippen molar-refractivity contribution in [3.63, 3.8) is 0 Å². The number of phenolic OH excluding ortho intramolecular Hbond substituents is 2. The summed E-state index contributed by atoms with van der Waals surface area (Å²) in [6.45, 7) is 13.1. The van der Waals surface area contributed by atoms with E-state index in [0.29, 0.717) is 17.9 Å². The highest BCUT2D eigenvalue weighted by atomic mass is 16.5. The van der Waals surface area contributed by atoms with Gasteiger partial charge in [0.2, 0.25) is 0 Å². The van der Waals surface area contributed by atoms with E-state index in [1.165, 1.54) is 83.9 Å². The molecule has 0 unspecified atom stereocenters. The zero-order valence-corrected chi connectivity index (χ0v) is 38.9. The second-order valence-electron chi connectivity index (χ2n) is 19.4. The van der Waals surface area contributed by atoms with Gasteiger partial charge in [-0.15, -0.1) is 0 Å². The molecule has 9 rings (SSSR count). The highest BCUT2D eigenvalue weighted by Crippen LogP contribution is 2.49. The van der Waals surface area contributed by atoms with Gasteiger partial charge in [0.15, 0.2) is 0 Å². The Morgan fingerprint density at radius 3 is 1.66 bits per heavy atom. The summed E-state index contributed by atoms with van der Waals surface area (Å²) in [7, 11) is 0. The van der Waals surface area contributed by atoms with Gasteiger partial charge >= 0.3 is 0 Å². The van der Waals surface area contributed by atoms with Crippen LogP contribution in [-0.4, -0.2) is 22.4 Å². The van der Waals surface area contributed by atoms with Gasteiger partial charge in [0.25, 0.3) is 0 Å². The van der Waals surface area contributed by atoms with E-state index in [2.05, 4.69) is 82.8 Å². The molecule has 0 spiro atoms. The summed E-state index contributed by atoms with van der Waals surface area (Å²) in [5.74, 6) is 2.12. The summed E-state index contributed by atoms with van der Waals surface area (Å²) >= 11 is 0. The van der Waals surface area contributed by atoms with Crippen LogP contribution in [0, 0.1) is 13.8 Å². The quantitative estimate of drug-likeness (QED) is 0.147. The lowest BCUT2D eigenvalue weighted by Gasteiger charge is -2.29. The van der Waals surface area contributed by atoms with Gasteiger partial charge in [-0.25, -0.2) is 0 Å². The van der Waals surface area contributed by atoms with Crippen molar-refractivity contribution in [2.45, 2.75) is 155 Å². The molecule has 0 amide bonds. The van der Waals surface area contributed by atoms with Gasteiger partial charge in [-0.05, 0) is 228 Å². The Morgan fingerprint density at radius 2 is 1.03 bits per heavy atom. The molecule has 0 bridgehead atoms. The summed E-state index contributed by atoms with van der Waals surface area (Å²) in [6.07, 6.45) is 22.1. The zero-order valence-electron chi connectivity index (χ0n) is 38.9. The lowest BCUT2D eigenvalue weighted by Crippen LogP contribution is -2.23. The first-order valence-electron chi connectivity index (χ1n) is 24.6. The Morgan fingerprint density at radius 1 is 0.531 bits per heavy atom. The molecule has 332 valence electrons. The van der Waals surface area contributed by atoms with Gasteiger partial charge in [-0.1, -0.05) is 61.5 Å². The normalized spacial score (nSPS) is 19.6. The third-order valence-electron chi connectivity index (χ3n) is 14.4. The predicted octanol–water partition coefficient (Wildman–Crippen LogP) is 15.9. The molecule has 4 heteroatoms. The third-order valence-corrected chi connectivity index (χ3v) is 14.4. The van der Waals surface area contributed by atoms with E-state index in [1.807, 2.05) is 36.4 Å². The third kappa shape index (κ3) is 9.08. The molecule has 5 aromatic rings. The Kier molecular flexibility index (Phi) is 13.2. The maximum atomic E-state index is 12.3. The number of ether oxygens (including phenoxy) is 2. The van der Waals surface area contributed by atoms with Crippen LogP contribution in [0.2, 0.25) is 0 Å². The molecule has 2 N–H and O–H groups in total. The minimum Gasteiger partial charge on any atom is -0.507 e. The van der Waals surface area contributed by atoms with Gasteiger partial charge in [0.05, 0.1) is 12.2 Å². The fourth-order valence-corrected chi connectivity index (χ4v) is 11.5. The van der Waals surface area contributed by atoms with Crippen molar-refractivity contribution < 1.29 is 19.7 Å². The first-order chi connectivity index (χ1) is 31.1. The van der Waals surface area contributed by atoms with Crippen LogP contribution in [0.25, 0.3) is 39.0 Å². The highest BCUT2D eigenvalue weighted by Gasteiger charge is 2.28. The second kappa shape index (κ2) is 19.3. The minimum absolute atomic E-state index is 0.188. The van der Waals surface area contributed by atoms with Crippen LogP contribution in [0.3, 0.4) is 0 Å². The Hall–Kier alpha value is -5.48. The molecular formula is C60H68O4. The van der Waals surface area contributed by atoms with Crippen LogP contribution in [-0.2, 0) is 25.7 Å². The summed E-state index contributed by atoms with van der Waals surface area (Å²) in [4.78, 5) is 0. The standard InChI is InChI=1S/C60H68O4/c1-38-32-51(59(61)53(34-38)57-40(3)20-8-6-7-9-21-43-22-10-13-25-46(43)57)49-28-16-18-30-55(49)63-41(4)36-42(5)64-56-31-19-17-29-50(56)52-33-39(2)35-54(60(52)62)58-47-26-14-11-23-44(47)37-45-24-12-15-27-48(45)58/h16-19,21,28-35,37,41-42,61-62H,3,6-15,20,22-27,36H2,1-2,4-5H3/b43-21-,57-46+/t41-,42-/m1/s1. The van der Waals surface area contributed by atoms with Gasteiger partial charge in [-0.2, -0.15) is 0 Å². The SMILES string of the molecule is C=C1CCCCC/C=C2/CCCC/C2=C/1c1cc(C)cc(-c2ccccc2O[C@H](C)C[C@@H](C)Oc2ccccc2-c2cc(C)cc(-c3c4c(cc5c3CCCC5)CCCC4)c2O)c1O. The van der Waals surface area contributed by atoms with Gasteiger partial charge < -0.3 is 19.7 Å². The molecular weight excluding hydrogens is 785 g/mol. The number of para-hydroxylation sites is 2. The van der Waals surface area contributed by atoms with Crippen LogP contribution >= 0.6 is 0 Å². The Balaban J connectivity index is 0.982. The number of allylic oxidation sites excluding steroid dienone is 5. The number of aromatic hydroxyl groups is 2. The number of hydrogen-bond donors (Lipinski definition) is 2. The van der Waals surface area contributed by atoms with Crippen molar-refractivity contribution in [1.82, 2.24) is 0 Å². The van der Waals surface area contributed by atoms with Gasteiger partial charge in [0.1, 0.15) is 23.0 Å². The van der Waals surface area contributed by atoms with Crippen molar-refractivity contribution in [2.75, 3.05) is 0 Å². The lowest BCUT2D eigenvalue weighted by molar-refractivity contribution is 0.131. The van der Waals surface area contributed by atoms with Crippen LogP contribution in [0.15, 0.2) is 108 Å². The molecule has 0 radical (unpaired) electrons. The number of aryl methyl sites for hydroxylation is 4. The van der Waals surface area contributed by atoms with Crippen molar-refractivity contribution in [2.24, 2.45) is 0 Å². The van der Waals surface area contributed by atoms with E-state index in [0.717, 1.165) is 131 Å². The molecule has 2 atom stereocenters. The Bertz CT molecular complexity index is 2590. The second-order valence-corrected chi connectivity index (χ2v) is 19.4. The van der Waals surface area contributed by atoms with E-state index in [4.69, 9.17) is 9.47 Å². The van der Waals surface area contributed by atoms with Crippen LogP contribution in [0.1, 0.15) is 143 Å². The number of benzene rings is 5. The molecule has 4 nitrogen and oxygen atoms in total. The average molecular weight is 853 g/mol. The van der Waals surface area contributed by atoms with Crippen molar-refractivity contribution in [3.05, 3.63) is 147 Å². The maximum Gasteiger partial charge on any atom is 0.131 e. The molecule has 0 aromatic heterocycles. The lowest BCUT2D eigenvalue weighted by atomic mass is 9.76. The van der Waals surface area contributed by atoms with Crippen LogP contribution < -0.4 is 9.47 Å². The first-order valence-corrected chi connectivity index (χ1v) is 24.6. The molecule has 5 aromatic carbocycles. The Labute approximate surface area is 382 Å². The van der Waals surface area contributed by atoms with Crippen LogP contribution in [0.4, 0.5) is 0 Å². The summed E-state index contributed by atoms with van der Waals surface area (Å²) < 4.78 is 13.6. The highest BCUT2D eigenvalue weighted by molar-refractivity contribution is 5.91. The molecule has 0 aliphatic heterocycles. The molecule has 1 saturated carbocycles. The zero-order chi connectivity index (χ0) is 44.3. The van der Waals surface area contributed by atoms with Gasteiger partial charge in [0, 0.05) is 39.8 Å². The fourth-order valence-electron chi connectivity index (χ4n) is 11.5. The molecule has 1 fully saturated rings. The largest absolute Gasteiger partial charge is 0.507 e. The summed E-state index contributed by atoms with van der Waals surface area (Å²) in [5, 5.41) is 24.7. The average Bonchev–Trinajstić information content (AvgIpc) is 3.29. The molecule has 4 aliphatic carbocycles. The number of hydrogen-bond acceptors (Lipinski definition) is 4. The van der Waals surface area contributed by atoms with E-state index < -0.39 is 0 Å². The van der Waals surface area contributed by atoms with Crippen molar-refractivity contribution in [1.29, 1.82) is 0 Å². The monoisotopic (exact) mass is 853 g/mol. The van der Waals surface area contributed by atoms with Crippen molar-refractivity contribution in [3.8, 4) is 56.4 Å². The number of fused-ring (bicyclic) bond motifs is 3. The number of rotatable bonds is 10. The summed E-state index contributed by atoms with van der Waals surface area (Å²) in [5.41, 5.74) is 19.7. The first kappa shape index (κ1) is 43.8. The maximum absolute atomic E-state index is 12.3. The minimum atomic E-state index is -0.193. The van der Waals surface area contributed by atoms with E-state index in [-0.39, 0.29) is 12.2 Å². The number of phenols is 2. The molecule has 64 heavy (non-hydrogen) atoms. The predicted molar refractivity (Wildman–Crippen MR) is 266 cm³/mol. The van der Waals surface area contributed by atoms with Gasteiger partial charge in [-0.3, -0.25) is 0 Å². The molecule has 0 heterocycles. The topological polar surface area (TPSA) is 58.9 Å². The fraction of sp³-hybridized carbons (Fsp3) is 0.400.